The van der Waals surface area contributed by atoms with Crippen LogP contribution in [0.3, 0.4) is 0 Å². The second kappa shape index (κ2) is 8.38. The van der Waals surface area contributed by atoms with E-state index in [0.29, 0.717) is 23.8 Å². The lowest BCUT2D eigenvalue weighted by Crippen LogP contribution is -2.35. The van der Waals surface area contributed by atoms with Gasteiger partial charge in [0.1, 0.15) is 5.69 Å². The first-order chi connectivity index (χ1) is 11.1. The van der Waals surface area contributed by atoms with E-state index in [4.69, 9.17) is 4.52 Å². The monoisotopic (exact) mass is 318 g/mol. The van der Waals surface area contributed by atoms with Crippen LogP contribution in [0.15, 0.2) is 28.9 Å². The Hall–Kier alpha value is -2.28. The van der Waals surface area contributed by atoms with Gasteiger partial charge in [-0.1, -0.05) is 31.5 Å². The summed E-state index contributed by atoms with van der Waals surface area (Å²) in [6, 6.07) is 5.44. The predicted molar refractivity (Wildman–Crippen MR) is 84.3 cm³/mol. The van der Waals surface area contributed by atoms with E-state index in [-0.39, 0.29) is 24.8 Å². The van der Waals surface area contributed by atoms with Gasteiger partial charge in [-0.15, -0.1) is 0 Å². The first kappa shape index (κ1) is 17.1. The van der Waals surface area contributed by atoms with Crippen molar-refractivity contribution in [2.45, 2.75) is 39.2 Å². The first-order valence-electron chi connectivity index (χ1n) is 7.79. The van der Waals surface area contributed by atoms with Gasteiger partial charge >= 0.3 is 0 Å². The van der Waals surface area contributed by atoms with Crippen LogP contribution in [0.2, 0.25) is 0 Å². The SMILES string of the molecule is CCC(C)C(O)CNC(=O)CCc1nc(-c2ccccn2)no1. The van der Waals surface area contributed by atoms with Gasteiger partial charge in [-0.05, 0) is 18.1 Å². The molecule has 0 fully saturated rings. The number of rotatable bonds is 8. The highest BCUT2D eigenvalue weighted by molar-refractivity contribution is 5.76. The number of carbonyl (C=O) groups is 1. The molecule has 2 N–H and O–H groups in total. The molecule has 2 atom stereocenters. The largest absolute Gasteiger partial charge is 0.391 e. The lowest BCUT2D eigenvalue weighted by molar-refractivity contribution is -0.121. The molecule has 1 amide bonds. The highest BCUT2D eigenvalue weighted by Crippen LogP contribution is 2.12. The van der Waals surface area contributed by atoms with E-state index in [9.17, 15) is 9.90 Å². The Kier molecular flexibility index (Phi) is 6.22. The fraction of sp³-hybridized carbons (Fsp3) is 0.500. The van der Waals surface area contributed by atoms with E-state index in [1.54, 1.807) is 12.3 Å². The fourth-order valence-corrected chi connectivity index (χ4v) is 1.96. The van der Waals surface area contributed by atoms with Crippen LogP contribution in [-0.4, -0.2) is 38.8 Å². The Morgan fingerprint density at radius 3 is 2.96 bits per heavy atom. The van der Waals surface area contributed by atoms with Crippen LogP contribution < -0.4 is 5.32 Å². The zero-order chi connectivity index (χ0) is 16.7. The van der Waals surface area contributed by atoms with Crippen molar-refractivity contribution in [1.29, 1.82) is 0 Å². The third-order valence-electron chi connectivity index (χ3n) is 3.74. The highest BCUT2D eigenvalue weighted by atomic mass is 16.5. The summed E-state index contributed by atoms with van der Waals surface area (Å²) in [6.07, 6.45) is 2.59. The van der Waals surface area contributed by atoms with Crippen LogP contribution in [0, 0.1) is 5.92 Å². The van der Waals surface area contributed by atoms with Crippen LogP contribution in [0.5, 0.6) is 0 Å². The van der Waals surface area contributed by atoms with Crippen molar-refractivity contribution in [3.63, 3.8) is 0 Å². The van der Waals surface area contributed by atoms with Crippen LogP contribution in [0.1, 0.15) is 32.6 Å². The van der Waals surface area contributed by atoms with Gasteiger partial charge in [0.25, 0.3) is 0 Å². The molecule has 0 spiro atoms. The lowest BCUT2D eigenvalue weighted by Gasteiger charge is -2.17. The van der Waals surface area contributed by atoms with Crippen molar-refractivity contribution in [2.24, 2.45) is 5.92 Å². The summed E-state index contributed by atoms with van der Waals surface area (Å²) in [5.74, 6) is 0.814. The van der Waals surface area contributed by atoms with Gasteiger partial charge in [-0.2, -0.15) is 4.98 Å². The summed E-state index contributed by atoms with van der Waals surface area (Å²) in [5, 5.41) is 16.4. The molecule has 0 aliphatic heterocycles. The number of pyridine rings is 1. The summed E-state index contributed by atoms with van der Waals surface area (Å²) >= 11 is 0. The van der Waals surface area contributed by atoms with Gasteiger partial charge in [0, 0.05) is 25.6 Å². The molecule has 0 aromatic carbocycles. The Morgan fingerprint density at radius 1 is 1.43 bits per heavy atom. The van der Waals surface area contributed by atoms with Crippen LogP contribution in [0.4, 0.5) is 0 Å². The molecule has 2 unspecified atom stereocenters. The fourth-order valence-electron chi connectivity index (χ4n) is 1.96. The first-order valence-corrected chi connectivity index (χ1v) is 7.79. The molecule has 0 saturated heterocycles. The van der Waals surface area contributed by atoms with Crippen molar-refractivity contribution < 1.29 is 14.4 Å². The molecule has 2 rings (SSSR count). The van der Waals surface area contributed by atoms with Crippen LogP contribution >= 0.6 is 0 Å². The van der Waals surface area contributed by atoms with Gasteiger partial charge in [0.05, 0.1) is 6.10 Å². The number of nitrogens with one attached hydrogen (secondary N) is 1. The molecule has 7 nitrogen and oxygen atoms in total. The molecule has 2 heterocycles. The molecule has 0 aliphatic rings. The molecule has 23 heavy (non-hydrogen) atoms. The molecular weight excluding hydrogens is 296 g/mol. The summed E-state index contributed by atoms with van der Waals surface area (Å²) in [5.41, 5.74) is 0.628. The average Bonchev–Trinajstić information content (AvgIpc) is 3.06. The van der Waals surface area contributed by atoms with E-state index < -0.39 is 6.10 Å². The number of amides is 1. The minimum Gasteiger partial charge on any atom is -0.391 e. The molecule has 0 bridgehead atoms. The van der Waals surface area contributed by atoms with E-state index in [1.807, 2.05) is 26.0 Å². The quantitative estimate of drug-likeness (QED) is 0.766. The maximum absolute atomic E-state index is 11.8. The predicted octanol–water partition coefficient (Wildman–Crippen LogP) is 1.59. The summed E-state index contributed by atoms with van der Waals surface area (Å²) in [6.45, 7) is 4.22. The Balaban J connectivity index is 1.78. The van der Waals surface area contributed by atoms with E-state index in [0.717, 1.165) is 6.42 Å². The Bertz CT molecular complexity index is 615. The second-order valence-electron chi connectivity index (χ2n) is 5.48. The highest BCUT2D eigenvalue weighted by Gasteiger charge is 2.14. The number of hydrogen-bond acceptors (Lipinski definition) is 6. The van der Waals surface area contributed by atoms with E-state index >= 15 is 0 Å². The topological polar surface area (TPSA) is 101 Å². The Labute approximate surface area is 135 Å². The van der Waals surface area contributed by atoms with E-state index in [1.165, 1.54) is 0 Å². The van der Waals surface area contributed by atoms with Crippen molar-refractivity contribution in [3.05, 3.63) is 30.3 Å². The zero-order valence-electron chi connectivity index (χ0n) is 13.4. The summed E-state index contributed by atoms with van der Waals surface area (Å²) < 4.78 is 5.12. The molecule has 0 radical (unpaired) electrons. The summed E-state index contributed by atoms with van der Waals surface area (Å²) in [7, 11) is 0. The van der Waals surface area contributed by atoms with Crippen molar-refractivity contribution in [3.8, 4) is 11.5 Å². The smallest absolute Gasteiger partial charge is 0.227 e. The maximum Gasteiger partial charge on any atom is 0.227 e. The van der Waals surface area contributed by atoms with Crippen molar-refractivity contribution >= 4 is 5.91 Å². The van der Waals surface area contributed by atoms with Crippen LogP contribution in [0.25, 0.3) is 11.5 Å². The molecule has 124 valence electrons. The molecule has 7 heteroatoms. The zero-order valence-corrected chi connectivity index (χ0v) is 13.4. The normalized spacial score (nSPS) is 13.5. The van der Waals surface area contributed by atoms with Crippen molar-refractivity contribution in [1.82, 2.24) is 20.4 Å². The maximum atomic E-state index is 11.8. The second-order valence-corrected chi connectivity index (χ2v) is 5.48. The Morgan fingerprint density at radius 2 is 2.26 bits per heavy atom. The standard InChI is InChI=1S/C16H22N4O3/c1-3-11(2)13(21)10-18-14(22)7-8-15-19-16(20-23-15)12-6-4-5-9-17-12/h4-6,9,11,13,21H,3,7-8,10H2,1-2H3,(H,18,22). The molecule has 0 aliphatic carbocycles. The third kappa shape index (κ3) is 5.14. The number of nitrogens with zero attached hydrogens (tertiary/aromatic N) is 3. The van der Waals surface area contributed by atoms with E-state index in [2.05, 4.69) is 20.4 Å². The van der Waals surface area contributed by atoms with Crippen molar-refractivity contribution in [2.75, 3.05) is 6.54 Å². The number of aliphatic hydroxyl groups excluding tert-OH is 1. The van der Waals surface area contributed by atoms with Gasteiger partial charge in [0.15, 0.2) is 0 Å². The average molecular weight is 318 g/mol. The minimum atomic E-state index is -0.525. The number of carbonyl (C=O) groups excluding carboxylic acids is 1. The third-order valence-corrected chi connectivity index (χ3v) is 3.74. The molecule has 2 aromatic rings. The number of aromatic nitrogens is 3. The van der Waals surface area contributed by atoms with Gasteiger partial charge in [-0.3, -0.25) is 9.78 Å². The number of hydrogen-bond donors (Lipinski definition) is 2. The van der Waals surface area contributed by atoms with Gasteiger partial charge in [0.2, 0.25) is 17.6 Å². The number of aliphatic hydroxyl groups is 1. The minimum absolute atomic E-state index is 0.148. The van der Waals surface area contributed by atoms with Gasteiger partial charge in [-0.25, -0.2) is 0 Å². The molecule has 0 saturated carbocycles. The summed E-state index contributed by atoms with van der Waals surface area (Å²) in [4.78, 5) is 20.1. The van der Waals surface area contributed by atoms with Gasteiger partial charge < -0.3 is 14.9 Å². The van der Waals surface area contributed by atoms with Crippen LogP contribution in [-0.2, 0) is 11.2 Å². The molecule has 2 aromatic heterocycles. The molecular formula is C16H22N4O3. The lowest BCUT2D eigenvalue weighted by atomic mass is 10.0. The number of aryl methyl sites for hydroxylation is 1.